The van der Waals surface area contributed by atoms with Crippen LogP contribution in [-0.2, 0) is 20.1 Å². The molecule has 0 atom stereocenters. The average molecular weight is 550 g/mol. The molecule has 28 heavy (non-hydrogen) atoms. The average Bonchev–Trinajstić information content (AvgIpc) is 3.30. The van der Waals surface area contributed by atoms with Crippen LogP contribution in [0.3, 0.4) is 0 Å². The van der Waals surface area contributed by atoms with Crippen LogP contribution < -0.4 is 0 Å². The summed E-state index contributed by atoms with van der Waals surface area (Å²) in [5.41, 5.74) is 3.06. The minimum atomic E-state index is -1.05. The molecule has 0 saturated carbocycles. The van der Waals surface area contributed by atoms with E-state index in [4.69, 9.17) is 5.11 Å². The molecular formula is C19H13IrN6O2-. The molecule has 5 rings (SSSR count). The number of imidazole rings is 1. The Morgan fingerprint density at radius 2 is 1.79 bits per heavy atom. The van der Waals surface area contributed by atoms with Gasteiger partial charge in [0.1, 0.15) is 6.33 Å². The number of aromatic carboxylic acids is 1. The van der Waals surface area contributed by atoms with E-state index in [9.17, 15) is 4.79 Å². The van der Waals surface area contributed by atoms with Gasteiger partial charge in [0.25, 0.3) is 0 Å². The molecule has 0 amide bonds. The number of aromatic nitrogens is 6. The summed E-state index contributed by atoms with van der Waals surface area (Å²) in [4.78, 5) is 21.5. The third-order valence-electron chi connectivity index (χ3n) is 3.80. The van der Waals surface area contributed by atoms with Gasteiger partial charge in [-0.05, 0) is 12.1 Å². The molecule has 0 saturated heterocycles. The third kappa shape index (κ3) is 3.66. The summed E-state index contributed by atoms with van der Waals surface area (Å²) in [5.74, 6) is -0.248. The molecular weight excluding hydrogens is 536 g/mol. The van der Waals surface area contributed by atoms with Gasteiger partial charge in [0, 0.05) is 32.5 Å². The molecule has 0 aliphatic rings. The monoisotopic (exact) mass is 550 g/mol. The van der Waals surface area contributed by atoms with Crippen molar-refractivity contribution in [3.63, 3.8) is 0 Å². The van der Waals surface area contributed by atoms with Gasteiger partial charge < -0.3 is 9.67 Å². The van der Waals surface area contributed by atoms with Crippen LogP contribution in [0.25, 0.3) is 22.5 Å². The summed E-state index contributed by atoms with van der Waals surface area (Å²) in [6.07, 6.45) is 5.53. The van der Waals surface area contributed by atoms with Crippen LogP contribution in [0.2, 0.25) is 0 Å². The molecule has 3 aromatic heterocycles. The zero-order chi connectivity index (χ0) is 18.6. The fourth-order valence-electron chi connectivity index (χ4n) is 2.67. The summed E-state index contributed by atoms with van der Waals surface area (Å²) in [6.45, 7) is 0. The second-order valence-corrected chi connectivity index (χ2v) is 5.44. The molecule has 5 aromatic rings. The molecule has 0 unspecified atom stereocenters. The van der Waals surface area contributed by atoms with Gasteiger partial charge in [-0.25, -0.2) is 9.78 Å². The number of nitrogens with zero attached hydrogens (tertiary/aromatic N) is 6. The second-order valence-electron chi connectivity index (χ2n) is 5.44. The molecule has 0 aliphatic carbocycles. The van der Waals surface area contributed by atoms with E-state index in [0.29, 0.717) is 0 Å². The standard InChI is InChI=1S/C14H9N4.C5H4N2O2.Ir/c1-2-6-11(7-3-1)17-12-8-4-5-9-13(12)18-14(17)15-10-16-18;8-5(9)4-3-6-1-2-7-4;/h1-6,8-10H;1-3H,(H,8,9);/q-1;;. The number of rotatable bonds is 2. The number of hydrogen-bond acceptors (Lipinski definition) is 5. The fourth-order valence-corrected chi connectivity index (χ4v) is 2.67. The second kappa shape index (κ2) is 8.51. The van der Waals surface area contributed by atoms with Crippen LogP contribution in [0.1, 0.15) is 10.5 Å². The van der Waals surface area contributed by atoms with Crippen LogP contribution >= 0.6 is 0 Å². The Hall–Kier alpha value is -3.42. The van der Waals surface area contributed by atoms with Crippen LogP contribution in [0.15, 0.2) is 73.4 Å². The Labute approximate surface area is 172 Å². The summed E-state index contributed by atoms with van der Waals surface area (Å²) >= 11 is 0. The predicted molar refractivity (Wildman–Crippen MR) is 97.6 cm³/mol. The Morgan fingerprint density at radius 1 is 1.00 bits per heavy atom. The van der Waals surface area contributed by atoms with Crippen molar-refractivity contribution in [2.75, 3.05) is 0 Å². The SMILES string of the molecule is O=C(O)c1cnccn1.[Ir].[c-]1ccccc1-n1c2ccccc2n2ncnc12. The first-order valence-corrected chi connectivity index (χ1v) is 8.01. The molecule has 9 heteroatoms. The number of carboxylic acids is 1. The molecule has 141 valence electrons. The van der Waals surface area contributed by atoms with Crippen LogP contribution in [0.5, 0.6) is 0 Å². The van der Waals surface area contributed by atoms with Gasteiger partial charge in [0.2, 0.25) is 5.78 Å². The van der Waals surface area contributed by atoms with Gasteiger partial charge in [-0.2, -0.15) is 38.9 Å². The zero-order valence-electron chi connectivity index (χ0n) is 14.3. The van der Waals surface area contributed by atoms with Gasteiger partial charge >= 0.3 is 5.97 Å². The largest absolute Gasteiger partial charge is 0.476 e. The van der Waals surface area contributed by atoms with E-state index in [0.717, 1.165) is 22.5 Å². The Bertz CT molecular complexity index is 1200. The number of carboxylic acid groups (broad SMARTS) is 1. The van der Waals surface area contributed by atoms with E-state index in [1.807, 2.05) is 47.0 Å². The quantitative estimate of drug-likeness (QED) is 0.340. The van der Waals surface area contributed by atoms with Gasteiger partial charge in [-0.3, -0.25) is 4.98 Å². The van der Waals surface area contributed by atoms with Crippen LogP contribution in [0, 0.1) is 6.07 Å². The first-order chi connectivity index (χ1) is 13.3. The molecule has 1 radical (unpaired) electrons. The van der Waals surface area contributed by atoms with Crippen molar-refractivity contribution in [2.24, 2.45) is 0 Å². The third-order valence-corrected chi connectivity index (χ3v) is 3.80. The fraction of sp³-hybridized carbons (Fsp3) is 0. The van der Waals surface area contributed by atoms with Gasteiger partial charge in [-0.15, -0.1) is 6.07 Å². The minimum absolute atomic E-state index is 0. The molecule has 3 heterocycles. The number of carbonyl (C=O) groups is 1. The van der Waals surface area contributed by atoms with Crippen molar-refractivity contribution in [1.29, 1.82) is 0 Å². The molecule has 8 nitrogen and oxygen atoms in total. The van der Waals surface area contributed by atoms with Gasteiger partial charge in [-0.1, -0.05) is 17.8 Å². The number of para-hydroxylation sites is 3. The molecule has 0 spiro atoms. The molecule has 0 fully saturated rings. The maximum atomic E-state index is 10.1. The molecule has 1 N–H and O–H groups in total. The maximum absolute atomic E-state index is 10.1. The van der Waals surface area contributed by atoms with E-state index >= 15 is 0 Å². The predicted octanol–water partition coefficient (Wildman–Crippen LogP) is 2.65. The minimum Gasteiger partial charge on any atom is -0.476 e. The van der Waals surface area contributed by atoms with Crippen molar-refractivity contribution in [1.82, 2.24) is 29.1 Å². The van der Waals surface area contributed by atoms with Crippen molar-refractivity contribution < 1.29 is 30.0 Å². The molecule has 0 bridgehead atoms. The number of hydrogen-bond donors (Lipinski definition) is 1. The van der Waals surface area contributed by atoms with Crippen molar-refractivity contribution >= 4 is 22.8 Å². The first-order valence-electron chi connectivity index (χ1n) is 8.01. The Balaban J connectivity index is 0.000000193. The topological polar surface area (TPSA) is 98.2 Å². The summed E-state index contributed by atoms with van der Waals surface area (Å²) in [5, 5.41) is 12.5. The first kappa shape index (κ1) is 19.3. The zero-order valence-corrected chi connectivity index (χ0v) is 16.7. The van der Waals surface area contributed by atoms with E-state index in [1.54, 1.807) is 6.33 Å². The van der Waals surface area contributed by atoms with Crippen LogP contribution in [-0.4, -0.2) is 40.2 Å². The molecule has 0 aliphatic heterocycles. The summed E-state index contributed by atoms with van der Waals surface area (Å²) in [6, 6.07) is 19.2. The van der Waals surface area contributed by atoms with E-state index in [-0.39, 0.29) is 25.8 Å². The van der Waals surface area contributed by atoms with E-state index in [2.05, 4.69) is 36.8 Å². The van der Waals surface area contributed by atoms with Crippen molar-refractivity contribution in [3.8, 4) is 5.69 Å². The number of fused-ring (bicyclic) bond motifs is 3. The summed E-state index contributed by atoms with van der Waals surface area (Å²) < 4.78 is 3.90. The normalized spacial score (nSPS) is 10.1. The van der Waals surface area contributed by atoms with E-state index < -0.39 is 5.97 Å². The van der Waals surface area contributed by atoms with Crippen molar-refractivity contribution in [2.45, 2.75) is 0 Å². The number of benzene rings is 2. The van der Waals surface area contributed by atoms with E-state index in [1.165, 1.54) is 18.6 Å². The van der Waals surface area contributed by atoms with Gasteiger partial charge in [0.15, 0.2) is 5.69 Å². The van der Waals surface area contributed by atoms with Crippen LogP contribution in [0.4, 0.5) is 0 Å². The summed E-state index contributed by atoms with van der Waals surface area (Å²) in [7, 11) is 0. The van der Waals surface area contributed by atoms with Gasteiger partial charge in [0.05, 0.1) is 17.2 Å². The maximum Gasteiger partial charge on any atom is 0.356 e. The Kier molecular flexibility index (Phi) is 5.88. The Morgan fingerprint density at radius 3 is 2.43 bits per heavy atom. The molecule has 2 aromatic carbocycles. The smallest absolute Gasteiger partial charge is 0.356 e. The van der Waals surface area contributed by atoms with Crippen molar-refractivity contribution in [3.05, 3.63) is 85.2 Å².